The summed E-state index contributed by atoms with van der Waals surface area (Å²) < 4.78 is 35.8. The molecule has 4 rings (SSSR count). The van der Waals surface area contributed by atoms with Gasteiger partial charge < -0.3 is 19.4 Å². The van der Waals surface area contributed by atoms with E-state index in [0.29, 0.717) is 56.5 Å². The largest absolute Gasteiger partial charge is 0.486 e. The molecule has 1 atom stereocenters. The van der Waals surface area contributed by atoms with Crippen molar-refractivity contribution in [3.63, 3.8) is 0 Å². The molecule has 1 aromatic heterocycles. The van der Waals surface area contributed by atoms with E-state index in [0.717, 1.165) is 0 Å². The second-order valence-electron chi connectivity index (χ2n) is 7.06. The highest BCUT2D eigenvalue weighted by atomic mass is 32.2. The van der Waals surface area contributed by atoms with Crippen LogP contribution in [-0.2, 0) is 19.3 Å². The molecule has 0 radical (unpaired) electrons. The quantitative estimate of drug-likeness (QED) is 0.825. The number of ether oxygens (including phenoxy) is 2. The first kappa shape index (κ1) is 15.9. The average Bonchev–Trinajstić information content (AvgIpc) is 3.39. The molecule has 0 spiro atoms. The zero-order chi connectivity index (χ0) is 17.1. The molecule has 24 heavy (non-hydrogen) atoms. The van der Waals surface area contributed by atoms with Gasteiger partial charge in [-0.25, -0.2) is 13.2 Å². The molecule has 1 saturated carbocycles. The van der Waals surface area contributed by atoms with Crippen LogP contribution in [-0.4, -0.2) is 56.0 Å². The van der Waals surface area contributed by atoms with Crippen LogP contribution < -0.4 is 15.3 Å². The van der Waals surface area contributed by atoms with Crippen LogP contribution in [0.5, 0.6) is 5.75 Å². The van der Waals surface area contributed by atoms with Crippen LogP contribution in [0, 0.1) is 0 Å². The van der Waals surface area contributed by atoms with Gasteiger partial charge in [-0.05, 0) is 26.7 Å². The molecular formula is C15H21N3O5S. The van der Waals surface area contributed by atoms with Crippen LogP contribution in [0.3, 0.4) is 0 Å². The van der Waals surface area contributed by atoms with Crippen molar-refractivity contribution in [3.8, 4) is 5.75 Å². The average molecular weight is 355 g/mol. The van der Waals surface area contributed by atoms with Crippen molar-refractivity contribution in [2.24, 2.45) is 0 Å². The molecule has 9 heteroatoms. The summed E-state index contributed by atoms with van der Waals surface area (Å²) >= 11 is 0. The van der Waals surface area contributed by atoms with Gasteiger partial charge in [0, 0.05) is 6.54 Å². The van der Waals surface area contributed by atoms with Crippen LogP contribution >= 0.6 is 0 Å². The zero-order valence-corrected chi connectivity index (χ0v) is 14.6. The van der Waals surface area contributed by atoms with E-state index in [1.807, 2.05) is 4.90 Å². The van der Waals surface area contributed by atoms with E-state index in [-0.39, 0.29) is 11.3 Å². The van der Waals surface area contributed by atoms with Crippen molar-refractivity contribution in [2.45, 2.75) is 42.7 Å². The lowest BCUT2D eigenvalue weighted by Crippen LogP contribution is -2.52. The van der Waals surface area contributed by atoms with Crippen molar-refractivity contribution in [1.82, 2.24) is 9.97 Å². The van der Waals surface area contributed by atoms with Crippen LogP contribution in [0.4, 0.5) is 5.82 Å². The lowest BCUT2D eigenvalue weighted by molar-refractivity contribution is 0.0690. The van der Waals surface area contributed by atoms with Gasteiger partial charge in [-0.3, -0.25) is 0 Å². The topological polar surface area (TPSA) is 102 Å². The van der Waals surface area contributed by atoms with E-state index >= 15 is 0 Å². The molecule has 132 valence electrons. The number of anilines is 1. The van der Waals surface area contributed by atoms with Crippen LogP contribution in [0.1, 0.15) is 32.4 Å². The Morgan fingerprint density at radius 3 is 2.75 bits per heavy atom. The first-order valence-electron chi connectivity index (χ1n) is 8.18. The second-order valence-corrected chi connectivity index (χ2v) is 9.83. The van der Waals surface area contributed by atoms with Gasteiger partial charge in [-0.15, -0.1) is 0 Å². The summed E-state index contributed by atoms with van der Waals surface area (Å²) in [5.74, 6) is 0.800. The second kappa shape index (κ2) is 5.19. The molecular weight excluding hydrogens is 334 g/mol. The van der Waals surface area contributed by atoms with Gasteiger partial charge in [0.15, 0.2) is 21.4 Å². The Labute approximate surface area is 140 Å². The highest BCUT2D eigenvalue weighted by Crippen LogP contribution is 2.46. The number of sulfone groups is 1. The molecule has 1 aromatic rings. The Morgan fingerprint density at radius 1 is 1.29 bits per heavy atom. The monoisotopic (exact) mass is 355 g/mol. The first-order chi connectivity index (χ1) is 11.3. The first-order valence-corrected chi connectivity index (χ1v) is 9.72. The van der Waals surface area contributed by atoms with Crippen molar-refractivity contribution >= 4 is 15.7 Å². The summed E-state index contributed by atoms with van der Waals surface area (Å²) in [5, 5.41) is -0.334. The fraction of sp³-hybridized carbons (Fsp3) is 0.733. The minimum absolute atomic E-state index is 0.00319. The predicted molar refractivity (Wildman–Crippen MR) is 87.3 cm³/mol. The summed E-state index contributed by atoms with van der Waals surface area (Å²) in [4.78, 5) is 20.8. The van der Waals surface area contributed by atoms with Crippen molar-refractivity contribution in [3.05, 3.63) is 16.2 Å². The van der Waals surface area contributed by atoms with Gasteiger partial charge in [0.05, 0.1) is 30.2 Å². The van der Waals surface area contributed by atoms with Gasteiger partial charge in [0.1, 0.15) is 11.4 Å². The number of nitrogens with zero attached hydrogens (tertiary/aromatic N) is 2. The minimum Gasteiger partial charge on any atom is -0.486 e. The summed E-state index contributed by atoms with van der Waals surface area (Å²) in [6.45, 7) is 5.29. The number of nitrogens with one attached hydrogen (secondary N) is 1. The molecule has 0 aromatic carbocycles. The number of hydrogen-bond donors (Lipinski definition) is 1. The van der Waals surface area contributed by atoms with Gasteiger partial charge in [0.25, 0.3) is 0 Å². The number of H-pyrrole nitrogens is 1. The van der Waals surface area contributed by atoms with E-state index < -0.39 is 20.3 Å². The third-order valence-electron chi connectivity index (χ3n) is 5.07. The standard InChI is InChI=1S/C15H21N3O5S/c1-15(2,24(20,21)10-3-4-10)12-11-13(17-14(19)16-12)18-5-6-22-7-9(18)8-23-11/h9-10H,3-8H2,1-2H3,(H,16,17,19). The van der Waals surface area contributed by atoms with Crippen LogP contribution in [0.25, 0.3) is 0 Å². The molecule has 3 heterocycles. The molecule has 3 aliphatic rings. The van der Waals surface area contributed by atoms with Crippen molar-refractivity contribution in [1.29, 1.82) is 0 Å². The fourth-order valence-corrected chi connectivity index (χ4v) is 5.41. The Kier molecular flexibility index (Phi) is 3.44. The molecule has 8 nitrogen and oxygen atoms in total. The fourth-order valence-electron chi connectivity index (χ4n) is 3.39. The molecule has 1 unspecified atom stereocenters. The number of aromatic amines is 1. The smallest absolute Gasteiger partial charge is 0.347 e. The van der Waals surface area contributed by atoms with Crippen molar-refractivity contribution in [2.75, 3.05) is 31.3 Å². The molecule has 0 amide bonds. The minimum atomic E-state index is -3.42. The maximum atomic E-state index is 12.9. The molecule has 1 aliphatic carbocycles. The lowest BCUT2D eigenvalue weighted by Gasteiger charge is -2.41. The molecule has 2 aliphatic heterocycles. The summed E-state index contributed by atoms with van der Waals surface area (Å²) in [6, 6.07) is -0.00319. The maximum absolute atomic E-state index is 12.9. The molecule has 0 bridgehead atoms. The van der Waals surface area contributed by atoms with E-state index in [1.54, 1.807) is 13.8 Å². The number of rotatable bonds is 3. The number of fused-ring (bicyclic) bond motifs is 3. The third-order valence-corrected chi connectivity index (χ3v) is 8.04. The van der Waals surface area contributed by atoms with E-state index in [9.17, 15) is 13.2 Å². The molecule has 2 fully saturated rings. The van der Waals surface area contributed by atoms with Crippen LogP contribution in [0.15, 0.2) is 4.79 Å². The van der Waals surface area contributed by atoms with Crippen molar-refractivity contribution < 1.29 is 17.9 Å². The van der Waals surface area contributed by atoms with E-state index in [1.165, 1.54) is 0 Å². The third kappa shape index (κ3) is 2.25. The predicted octanol–water partition coefficient (Wildman–Crippen LogP) is 0.180. The highest BCUT2D eigenvalue weighted by Gasteiger charge is 2.50. The molecule has 1 saturated heterocycles. The normalized spacial score (nSPS) is 24.1. The van der Waals surface area contributed by atoms with E-state index in [4.69, 9.17) is 9.47 Å². The summed E-state index contributed by atoms with van der Waals surface area (Å²) in [5.41, 5.74) is -0.257. The Morgan fingerprint density at radius 2 is 2.04 bits per heavy atom. The Bertz CT molecular complexity index is 828. The van der Waals surface area contributed by atoms with Gasteiger partial charge in [-0.1, -0.05) is 0 Å². The zero-order valence-electron chi connectivity index (χ0n) is 13.7. The summed E-state index contributed by atoms with van der Waals surface area (Å²) in [7, 11) is -3.42. The van der Waals surface area contributed by atoms with Crippen LogP contribution in [0.2, 0.25) is 0 Å². The van der Waals surface area contributed by atoms with E-state index in [2.05, 4.69) is 9.97 Å². The Balaban J connectivity index is 1.86. The van der Waals surface area contributed by atoms with Gasteiger partial charge >= 0.3 is 5.69 Å². The maximum Gasteiger partial charge on any atom is 0.347 e. The Hall–Kier alpha value is -1.61. The summed E-state index contributed by atoms with van der Waals surface area (Å²) in [6.07, 6.45) is 1.35. The van der Waals surface area contributed by atoms with Gasteiger partial charge in [0.2, 0.25) is 0 Å². The lowest BCUT2D eigenvalue weighted by atomic mass is 10.1. The van der Waals surface area contributed by atoms with Gasteiger partial charge in [-0.2, -0.15) is 4.98 Å². The number of aromatic nitrogens is 2. The number of morpholine rings is 1. The SMILES string of the molecule is CC(C)(c1[nH]c(=O)nc2c1OCC1COCCN21)S(=O)(=O)C1CC1. The highest BCUT2D eigenvalue weighted by molar-refractivity contribution is 7.93. The number of hydrogen-bond acceptors (Lipinski definition) is 7. The molecule has 1 N–H and O–H groups in total.